The van der Waals surface area contributed by atoms with Crippen molar-refractivity contribution >= 4 is 48.3 Å². The first-order valence-electron chi connectivity index (χ1n) is 26.7. The van der Waals surface area contributed by atoms with Crippen LogP contribution in [0.1, 0.15) is 122 Å². The number of ketones is 1. The van der Waals surface area contributed by atoms with Gasteiger partial charge in [0.05, 0.1) is 44.4 Å². The highest BCUT2D eigenvalue weighted by Gasteiger charge is 2.54. The lowest BCUT2D eigenvalue weighted by molar-refractivity contribution is 0.0281. The largest absolute Gasteiger partial charge is 0.404 e. The molecule has 5 N–H and O–H groups in total. The molecule has 4 aromatic heterocycles. The predicted octanol–water partition coefficient (Wildman–Crippen LogP) is 8.59. The van der Waals surface area contributed by atoms with Gasteiger partial charge in [-0.15, -0.1) is 10.2 Å². The number of fused-ring (bicyclic) bond motifs is 2. The van der Waals surface area contributed by atoms with Gasteiger partial charge in [-0.1, -0.05) is 23.3 Å². The maximum atomic E-state index is 14.3. The summed E-state index contributed by atoms with van der Waals surface area (Å²) >= 11 is 0. The van der Waals surface area contributed by atoms with Crippen LogP contribution in [0.15, 0.2) is 165 Å². The third-order valence-electron chi connectivity index (χ3n) is 16.4. The van der Waals surface area contributed by atoms with Crippen LogP contribution in [0, 0.1) is 22.5 Å². The Kier molecular flexibility index (Phi) is 14.5. The first-order valence-corrected chi connectivity index (χ1v) is 29.7. The fourth-order valence-corrected chi connectivity index (χ4v) is 15.1. The molecule has 4 heterocycles. The number of carbonyl (C=O) groups excluding carboxylic acids is 1. The van der Waals surface area contributed by atoms with E-state index < -0.39 is 47.1 Å². The van der Waals surface area contributed by atoms with Gasteiger partial charge < -0.3 is 16.6 Å². The number of benzene rings is 2. The molecular formula is C58H60F2N12O6S2. The van der Waals surface area contributed by atoms with E-state index >= 15 is 0 Å². The molecule has 6 aliphatic carbocycles. The number of Topliss-reactive ketones (excluding diaryl/α,β-unsaturated/α-hetero) is 1. The smallest absolute Gasteiger partial charge is 0.267 e. The van der Waals surface area contributed by atoms with Crippen LogP contribution in [0.3, 0.4) is 0 Å². The van der Waals surface area contributed by atoms with Crippen LogP contribution < -0.4 is 11.5 Å². The van der Waals surface area contributed by atoms with Crippen molar-refractivity contribution in [2.45, 2.75) is 116 Å². The summed E-state index contributed by atoms with van der Waals surface area (Å²) in [6.45, 7) is 0. The van der Waals surface area contributed by atoms with Crippen LogP contribution in [-0.2, 0) is 33.8 Å². The predicted molar refractivity (Wildman–Crippen MR) is 295 cm³/mol. The number of carbonyl (C=O) groups is 1. The molecule has 6 aliphatic rings. The number of allylic oxidation sites excluding steroid dienone is 5. The van der Waals surface area contributed by atoms with E-state index in [0.717, 1.165) is 48.0 Å². The van der Waals surface area contributed by atoms with Gasteiger partial charge in [-0.3, -0.25) is 24.1 Å². The first kappa shape index (κ1) is 54.3. The number of rotatable bonds is 12. The summed E-state index contributed by atoms with van der Waals surface area (Å²) in [5.41, 5.74) is 18.3. The maximum absolute atomic E-state index is 14.3. The zero-order valence-corrected chi connectivity index (χ0v) is 45.7. The second-order valence-corrected chi connectivity index (χ2v) is 26.0. The van der Waals surface area contributed by atoms with Crippen molar-refractivity contribution in [1.82, 2.24) is 39.5 Å². The molecule has 4 fully saturated rings. The van der Waals surface area contributed by atoms with E-state index in [2.05, 4.69) is 35.1 Å². The SMILES string of the molecule is Cn1cnc(S(=O)(=O)[C@H]2CCC3=CC(=Nc4ccc(F)cc4)C(=CN)C[C@]3(C(=O)c3ccc(C4CC4)cn3)C2)n1.Cn1cnc(S(=O)(=O)[C@H]2CCC3=CC(=Nc4ccc(F)cc4)C(=CN)C[C@]3(C(O)c3ccc(C4CC4)cn3)C2)n1. The molecule has 0 saturated heterocycles. The van der Waals surface area contributed by atoms with Crippen molar-refractivity contribution in [2.75, 3.05) is 0 Å². The molecule has 12 rings (SSSR count). The molecular weight excluding hydrogens is 1060 g/mol. The molecule has 80 heavy (non-hydrogen) atoms. The van der Waals surface area contributed by atoms with Crippen LogP contribution >= 0.6 is 0 Å². The van der Waals surface area contributed by atoms with E-state index in [-0.39, 0.29) is 53.4 Å². The number of hydrogen-bond donors (Lipinski definition) is 3. The van der Waals surface area contributed by atoms with E-state index in [1.54, 1.807) is 50.6 Å². The minimum absolute atomic E-state index is 0.0471. The highest BCUT2D eigenvalue weighted by atomic mass is 32.2. The molecule has 0 radical (unpaired) electrons. The Morgan fingerprint density at radius 2 is 1.14 bits per heavy atom. The molecule has 0 bridgehead atoms. The summed E-state index contributed by atoms with van der Waals surface area (Å²) in [6, 6.07) is 19.2. The second-order valence-electron chi connectivity index (χ2n) is 21.8. The van der Waals surface area contributed by atoms with E-state index in [1.165, 1.54) is 58.7 Å². The van der Waals surface area contributed by atoms with Crippen LogP contribution in [-0.4, -0.2) is 89.1 Å². The zero-order chi connectivity index (χ0) is 56.1. The number of halogens is 2. The lowest BCUT2D eigenvalue weighted by atomic mass is 9.59. The third-order valence-corrected chi connectivity index (χ3v) is 20.4. The first-order chi connectivity index (χ1) is 38.4. The number of aliphatic hydroxyl groups is 1. The average Bonchev–Trinajstić information content (AvgIpc) is 4.50. The monoisotopic (exact) mass is 1120 g/mol. The minimum Gasteiger partial charge on any atom is -0.404 e. The van der Waals surface area contributed by atoms with Crippen LogP contribution in [0.2, 0.25) is 0 Å². The van der Waals surface area contributed by atoms with E-state index in [4.69, 9.17) is 16.5 Å². The van der Waals surface area contributed by atoms with Gasteiger partial charge in [-0.05, 0) is 196 Å². The van der Waals surface area contributed by atoms with Gasteiger partial charge in [0.15, 0.2) is 5.78 Å². The number of aryl methyl sites for hydroxylation is 2. The molecule has 2 aromatic carbocycles. The van der Waals surface area contributed by atoms with Crippen molar-refractivity contribution in [1.29, 1.82) is 0 Å². The molecule has 1 unspecified atom stereocenters. The van der Waals surface area contributed by atoms with Crippen LogP contribution in [0.25, 0.3) is 0 Å². The molecule has 0 amide bonds. The quantitative estimate of drug-likeness (QED) is 0.0969. The summed E-state index contributed by atoms with van der Waals surface area (Å²) in [5, 5.41) is 18.0. The van der Waals surface area contributed by atoms with Crippen LogP contribution in [0.5, 0.6) is 0 Å². The number of pyridine rings is 2. The highest BCUT2D eigenvalue weighted by Crippen LogP contribution is 2.57. The van der Waals surface area contributed by atoms with Gasteiger partial charge in [-0.2, -0.15) is 0 Å². The average molecular weight is 1120 g/mol. The van der Waals surface area contributed by atoms with Crippen LogP contribution in [0.4, 0.5) is 20.2 Å². The number of aliphatic hydroxyl groups excluding tert-OH is 1. The van der Waals surface area contributed by atoms with E-state index in [9.17, 15) is 35.5 Å². The Hall–Kier alpha value is -7.69. The number of nitrogens with two attached hydrogens (primary N) is 2. The summed E-state index contributed by atoms with van der Waals surface area (Å²) in [6.07, 6.45) is 18.4. The molecule has 0 spiro atoms. The zero-order valence-electron chi connectivity index (χ0n) is 44.1. The lowest BCUT2D eigenvalue weighted by Gasteiger charge is -2.48. The lowest BCUT2D eigenvalue weighted by Crippen LogP contribution is -2.46. The summed E-state index contributed by atoms with van der Waals surface area (Å²) in [7, 11) is -4.54. The van der Waals surface area contributed by atoms with Gasteiger partial charge in [0.25, 0.3) is 10.3 Å². The maximum Gasteiger partial charge on any atom is 0.267 e. The summed E-state index contributed by atoms with van der Waals surface area (Å²) in [5.74, 6) is 0.0494. The van der Waals surface area contributed by atoms with Gasteiger partial charge in [0.2, 0.25) is 19.7 Å². The van der Waals surface area contributed by atoms with Gasteiger partial charge >= 0.3 is 0 Å². The number of aromatic nitrogens is 8. The van der Waals surface area contributed by atoms with Crippen molar-refractivity contribution < 1.29 is 35.5 Å². The summed E-state index contributed by atoms with van der Waals surface area (Å²) < 4.78 is 84.1. The van der Waals surface area contributed by atoms with Gasteiger partial charge in [0.1, 0.15) is 36.1 Å². The standard InChI is InChI=1S/C29H31FN6O3S.C29H29FN6O3S/c2*1-36-17-33-28(35-36)40(38,39)24-10-5-21-12-26(34-23-8-6-22(30)7-9-23)20(15-31)13-29(21,14-24)27(37)25-11-4-19(16-32-25)18-2-3-18/h4,6-9,11-12,15-18,24,27,37H,2-3,5,10,13-14,31H2,1H3;4,6-9,11-12,15-18,24H,2-3,5,10,13-14,31H2,1H3/t24-,27?,29-;24-,29-/m00/s1. The van der Waals surface area contributed by atoms with Crippen molar-refractivity contribution in [3.63, 3.8) is 0 Å². The second kappa shape index (κ2) is 21.4. The Bertz CT molecular complexity index is 3790. The Morgan fingerprint density at radius 1 is 0.650 bits per heavy atom. The minimum atomic E-state index is -3.91. The Balaban J connectivity index is 0.000000169. The van der Waals surface area contributed by atoms with E-state index in [0.29, 0.717) is 82.9 Å². The number of nitrogens with zero attached hydrogens (tertiary/aromatic N) is 10. The molecule has 5 atom stereocenters. The van der Waals surface area contributed by atoms with Gasteiger partial charge in [-0.25, -0.2) is 45.6 Å². The molecule has 0 aliphatic heterocycles. The summed E-state index contributed by atoms with van der Waals surface area (Å²) in [4.78, 5) is 40.9. The number of sulfone groups is 2. The van der Waals surface area contributed by atoms with Crippen molar-refractivity contribution in [2.24, 2.45) is 46.4 Å². The number of hydrogen-bond acceptors (Lipinski definition) is 16. The normalized spacial score (nSPS) is 25.5. The van der Waals surface area contributed by atoms with Gasteiger partial charge in [0, 0.05) is 31.9 Å². The highest BCUT2D eigenvalue weighted by molar-refractivity contribution is 7.92. The molecule has 22 heteroatoms. The molecule has 414 valence electrons. The molecule has 6 aromatic rings. The topological polar surface area (TPSA) is 270 Å². The number of aliphatic imine (C=N–C) groups is 2. The fraction of sp³-hybridized carbons (Fsp3) is 0.362. The van der Waals surface area contributed by atoms with Crippen molar-refractivity contribution in [3.05, 3.63) is 179 Å². The van der Waals surface area contributed by atoms with E-state index in [1.807, 2.05) is 36.5 Å². The molecule has 18 nitrogen and oxygen atoms in total. The van der Waals surface area contributed by atoms with Crippen molar-refractivity contribution in [3.8, 4) is 0 Å². The fourth-order valence-electron chi connectivity index (χ4n) is 11.7. The molecule has 4 saturated carbocycles. The third kappa shape index (κ3) is 10.6. The Morgan fingerprint density at radius 3 is 1.60 bits per heavy atom. The Labute approximate surface area is 462 Å².